The van der Waals surface area contributed by atoms with Gasteiger partial charge in [0.25, 0.3) is 11.8 Å². The minimum absolute atomic E-state index is 0.0713. The number of nitrogens with zero attached hydrogens (tertiary/aromatic N) is 4. The molecule has 4 heterocycles. The van der Waals surface area contributed by atoms with Gasteiger partial charge in [-0.1, -0.05) is 29.8 Å². The third kappa shape index (κ3) is 6.26. The van der Waals surface area contributed by atoms with E-state index in [0.717, 1.165) is 65.6 Å². The van der Waals surface area contributed by atoms with Crippen LogP contribution in [0.15, 0.2) is 72.9 Å². The van der Waals surface area contributed by atoms with Crippen LogP contribution in [0.2, 0.25) is 5.02 Å². The van der Waals surface area contributed by atoms with E-state index in [-0.39, 0.29) is 35.9 Å². The molecule has 0 aliphatic carbocycles. The van der Waals surface area contributed by atoms with Crippen molar-refractivity contribution >= 4 is 58.3 Å². The Morgan fingerprint density at radius 3 is 2.39 bits per heavy atom. The van der Waals surface area contributed by atoms with Crippen molar-refractivity contribution in [1.29, 1.82) is 0 Å². The highest BCUT2D eigenvalue weighted by Gasteiger charge is 2.45. The highest BCUT2D eigenvalue weighted by Crippen LogP contribution is 2.35. The normalized spacial score (nSPS) is 19.9. The Morgan fingerprint density at radius 1 is 0.857 bits per heavy atom. The summed E-state index contributed by atoms with van der Waals surface area (Å²) in [5.41, 5.74) is 4.98. The lowest BCUT2D eigenvalue weighted by molar-refractivity contribution is -0.136. The molecule has 11 nitrogen and oxygen atoms in total. The zero-order valence-electron chi connectivity index (χ0n) is 27.2. The van der Waals surface area contributed by atoms with Crippen LogP contribution < -0.4 is 20.4 Å². The van der Waals surface area contributed by atoms with Gasteiger partial charge in [0, 0.05) is 68.0 Å². The summed E-state index contributed by atoms with van der Waals surface area (Å²) < 4.78 is 0. The number of hydrogen-bond donors (Lipinski definition) is 2. The summed E-state index contributed by atoms with van der Waals surface area (Å²) in [6.07, 6.45) is 5.78. The van der Waals surface area contributed by atoms with Gasteiger partial charge >= 0.3 is 6.03 Å². The van der Waals surface area contributed by atoms with Gasteiger partial charge in [-0.15, -0.1) is 0 Å². The van der Waals surface area contributed by atoms with E-state index in [0.29, 0.717) is 18.1 Å². The quantitative estimate of drug-likeness (QED) is 0.301. The van der Waals surface area contributed by atoms with Gasteiger partial charge in [0.15, 0.2) is 0 Å². The lowest BCUT2D eigenvalue weighted by Gasteiger charge is -2.37. The number of hydrogen-bond acceptors (Lipinski definition) is 7. The summed E-state index contributed by atoms with van der Waals surface area (Å²) in [6, 6.07) is 17.9. The number of anilines is 3. The first-order valence-corrected chi connectivity index (χ1v) is 17.1. The van der Waals surface area contributed by atoms with Crippen molar-refractivity contribution in [3.63, 3.8) is 0 Å². The Kier molecular flexibility index (Phi) is 8.85. The van der Waals surface area contributed by atoms with Crippen LogP contribution >= 0.6 is 11.6 Å². The lowest BCUT2D eigenvalue weighted by atomic mass is 9.95. The average Bonchev–Trinajstić information content (AvgIpc) is 3.34. The van der Waals surface area contributed by atoms with Crippen LogP contribution in [-0.2, 0) is 9.59 Å². The molecular weight excluding hydrogens is 644 g/mol. The number of carbonyl (C=O) groups is 5. The predicted octanol–water partition coefficient (Wildman–Crippen LogP) is 5.51. The van der Waals surface area contributed by atoms with Crippen molar-refractivity contribution in [3.05, 3.63) is 89.1 Å². The second-order valence-corrected chi connectivity index (χ2v) is 13.2. The lowest BCUT2D eigenvalue weighted by Crippen LogP contribution is -2.54. The Morgan fingerprint density at radius 2 is 1.63 bits per heavy atom. The highest BCUT2D eigenvalue weighted by molar-refractivity contribution is 6.33. The van der Waals surface area contributed by atoms with E-state index in [2.05, 4.69) is 15.5 Å². The SMILES string of the molecule is CCNc1ccc(-c2cccc(N3CC=CN(CC4CCN(c5ccc6c(c5)C(=O)N(C5CCC(=O)NC5=O)C6=O)CC4)C3=O)c2)c(Cl)c1. The first kappa shape index (κ1) is 32.4. The molecule has 3 aromatic carbocycles. The van der Waals surface area contributed by atoms with Crippen molar-refractivity contribution in [2.24, 2.45) is 5.92 Å². The van der Waals surface area contributed by atoms with Crippen molar-refractivity contribution in [3.8, 4) is 11.1 Å². The summed E-state index contributed by atoms with van der Waals surface area (Å²) in [5, 5.41) is 6.14. The van der Waals surface area contributed by atoms with E-state index in [1.807, 2.05) is 67.7 Å². The molecule has 4 aliphatic rings. The molecular formula is C37H37ClN6O5. The Balaban J connectivity index is 0.977. The number of urea groups is 1. The van der Waals surface area contributed by atoms with Gasteiger partial charge in [-0.05, 0) is 86.2 Å². The van der Waals surface area contributed by atoms with Gasteiger partial charge in [-0.25, -0.2) is 4.79 Å². The highest BCUT2D eigenvalue weighted by atomic mass is 35.5. The average molecular weight is 681 g/mol. The number of benzene rings is 3. The summed E-state index contributed by atoms with van der Waals surface area (Å²) in [7, 11) is 0. The topological polar surface area (TPSA) is 122 Å². The van der Waals surface area contributed by atoms with Gasteiger partial charge < -0.3 is 15.1 Å². The summed E-state index contributed by atoms with van der Waals surface area (Å²) >= 11 is 6.63. The number of rotatable bonds is 8. The van der Waals surface area contributed by atoms with Gasteiger partial charge in [0.1, 0.15) is 6.04 Å². The maximum Gasteiger partial charge on any atom is 0.328 e. The largest absolute Gasteiger partial charge is 0.385 e. The Hall–Kier alpha value is -5.16. The molecule has 0 bridgehead atoms. The molecule has 252 valence electrons. The van der Waals surface area contributed by atoms with E-state index >= 15 is 0 Å². The summed E-state index contributed by atoms with van der Waals surface area (Å²) in [6.45, 7) is 5.37. The van der Waals surface area contributed by atoms with Crippen LogP contribution in [0.3, 0.4) is 0 Å². The molecule has 12 heteroatoms. The van der Waals surface area contributed by atoms with E-state index in [4.69, 9.17) is 11.6 Å². The molecule has 6 amide bonds. The zero-order chi connectivity index (χ0) is 34.2. The van der Waals surface area contributed by atoms with Gasteiger partial charge in [0.2, 0.25) is 11.8 Å². The Labute approximate surface area is 289 Å². The maximum atomic E-state index is 13.7. The molecule has 1 unspecified atom stereocenters. The molecule has 0 spiro atoms. The van der Waals surface area contributed by atoms with Crippen LogP contribution in [0.1, 0.15) is 53.3 Å². The van der Waals surface area contributed by atoms with E-state index in [1.165, 1.54) is 0 Å². The molecule has 49 heavy (non-hydrogen) atoms. The van der Waals surface area contributed by atoms with Crippen LogP contribution in [0.4, 0.5) is 21.9 Å². The van der Waals surface area contributed by atoms with Crippen molar-refractivity contribution < 1.29 is 24.0 Å². The fourth-order valence-corrected chi connectivity index (χ4v) is 7.43. The monoisotopic (exact) mass is 680 g/mol. The second kappa shape index (κ2) is 13.4. The smallest absolute Gasteiger partial charge is 0.328 e. The van der Waals surface area contributed by atoms with E-state index in [9.17, 15) is 24.0 Å². The predicted molar refractivity (Wildman–Crippen MR) is 188 cm³/mol. The molecule has 0 aromatic heterocycles. The van der Waals surface area contributed by atoms with Crippen molar-refractivity contribution in [2.75, 3.05) is 47.8 Å². The number of amides is 6. The van der Waals surface area contributed by atoms with Crippen molar-refractivity contribution in [2.45, 2.75) is 38.6 Å². The van der Waals surface area contributed by atoms with Crippen molar-refractivity contribution in [1.82, 2.24) is 15.1 Å². The van der Waals surface area contributed by atoms with Crippen LogP contribution in [0, 0.1) is 5.92 Å². The van der Waals surface area contributed by atoms with Crippen LogP contribution in [0.25, 0.3) is 11.1 Å². The number of fused-ring (bicyclic) bond motifs is 1. The molecule has 7 rings (SSSR count). The number of halogens is 1. The zero-order valence-corrected chi connectivity index (χ0v) is 27.9. The van der Waals surface area contributed by atoms with E-state index < -0.39 is 29.7 Å². The second-order valence-electron chi connectivity index (χ2n) is 12.8. The Bertz CT molecular complexity index is 1890. The van der Waals surface area contributed by atoms with Crippen LogP contribution in [-0.4, -0.2) is 78.2 Å². The summed E-state index contributed by atoms with van der Waals surface area (Å²) in [5.74, 6) is -1.77. The standard InChI is InChI=1S/C37H37ClN6O5/c1-2-39-25-7-9-28(31(38)20-25)24-5-3-6-27(19-24)43-16-4-15-42(37(43)49)22-23-13-17-41(18-14-23)26-8-10-29-30(21-26)36(48)44(35(29)47)32-11-12-33(45)40-34(32)46/h3-10,15,19-21,23,32,39H,2,11-14,16-18,22H2,1H3,(H,40,45,46). The van der Waals surface area contributed by atoms with Gasteiger partial charge in [0.05, 0.1) is 16.1 Å². The maximum absolute atomic E-state index is 13.7. The first-order valence-electron chi connectivity index (χ1n) is 16.7. The summed E-state index contributed by atoms with van der Waals surface area (Å²) in [4.78, 5) is 70.9. The fraction of sp³-hybridized carbons (Fsp3) is 0.324. The van der Waals surface area contributed by atoms with Gasteiger partial charge in [-0.2, -0.15) is 0 Å². The number of carbonyl (C=O) groups excluding carboxylic acids is 5. The van der Waals surface area contributed by atoms with Crippen LogP contribution in [0.5, 0.6) is 0 Å². The molecule has 4 aliphatic heterocycles. The third-order valence-corrected chi connectivity index (χ3v) is 10.0. The molecule has 2 N–H and O–H groups in total. The van der Waals surface area contributed by atoms with Gasteiger partial charge in [-0.3, -0.25) is 34.3 Å². The number of imide groups is 2. The first-order chi connectivity index (χ1) is 23.7. The molecule has 3 aromatic rings. The molecule has 2 fully saturated rings. The fourth-order valence-electron chi connectivity index (χ4n) is 7.14. The number of nitrogens with one attached hydrogen (secondary N) is 2. The molecule has 1 atom stereocenters. The molecule has 2 saturated heterocycles. The number of piperidine rings is 2. The minimum atomic E-state index is -0.991. The molecule has 0 radical (unpaired) electrons. The molecule has 0 saturated carbocycles. The van der Waals surface area contributed by atoms with E-state index in [1.54, 1.807) is 21.9 Å². The third-order valence-electron chi connectivity index (χ3n) is 9.73. The minimum Gasteiger partial charge on any atom is -0.385 e.